The molecule has 0 radical (unpaired) electrons. The van der Waals surface area contributed by atoms with Crippen molar-refractivity contribution in [3.05, 3.63) is 58.4 Å². The Morgan fingerprint density at radius 3 is 2.80 bits per heavy atom. The Morgan fingerprint density at radius 1 is 1.28 bits per heavy atom. The molecule has 0 fully saturated rings. The third kappa shape index (κ3) is 3.52. The predicted octanol–water partition coefficient (Wildman–Crippen LogP) is 3.59. The molecule has 0 aliphatic carbocycles. The van der Waals surface area contributed by atoms with Crippen LogP contribution in [0.3, 0.4) is 0 Å². The van der Waals surface area contributed by atoms with Gasteiger partial charge in [0.2, 0.25) is 5.88 Å². The molecule has 0 spiro atoms. The van der Waals surface area contributed by atoms with Crippen molar-refractivity contribution >= 4 is 16.9 Å². The van der Waals surface area contributed by atoms with E-state index >= 15 is 0 Å². The molecule has 2 aromatic heterocycles. The fraction of sp³-hybridized carbons (Fsp3) is 0.211. The van der Waals surface area contributed by atoms with E-state index in [4.69, 9.17) is 14.3 Å². The van der Waals surface area contributed by atoms with Crippen LogP contribution < -0.4 is 10.2 Å². The molecule has 0 bridgehead atoms. The van der Waals surface area contributed by atoms with E-state index in [2.05, 4.69) is 4.98 Å². The number of rotatable bonds is 5. The first-order valence-electron chi connectivity index (χ1n) is 7.85. The van der Waals surface area contributed by atoms with Gasteiger partial charge < -0.3 is 14.3 Å². The van der Waals surface area contributed by atoms with Crippen LogP contribution in [0.25, 0.3) is 22.3 Å². The summed E-state index contributed by atoms with van der Waals surface area (Å²) in [6.45, 7) is 4.52. The maximum Gasteiger partial charge on any atom is 0.335 e. The van der Waals surface area contributed by atoms with E-state index in [1.54, 1.807) is 18.3 Å². The van der Waals surface area contributed by atoms with Gasteiger partial charge in [0.1, 0.15) is 11.3 Å². The number of aromatic nitrogens is 1. The zero-order valence-electron chi connectivity index (χ0n) is 13.9. The maximum atomic E-state index is 12.4. The molecule has 0 aliphatic heterocycles. The minimum atomic E-state index is -1.09. The first kappa shape index (κ1) is 16.7. The summed E-state index contributed by atoms with van der Waals surface area (Å²) in [7, 11) is 0. The summed E-state index contributed by atoms with van der Waals surface area (Å²) in [5, 5.41) is 9.44. The molecule has 0 unspecified atom stereocenters. The van der Waals surface area contributed by atoms with Gasteiger partial charge in [-0.1, -0.05) is 13.8 Å². The van der Waals surface area contributed by atoms with Gasteiger partial charge in [-0.15, -0.1) is 0 Å². The highest BCUT2D eigenvalue weighted by Crippen LogP contribution is 2.29. The van der Waals surface area contributed by atoms with Crippen molar-refractivity contribution in [2.75, 3.05) is 6.61 Å². The molecular weight excluding hydrogens is 322 g/mol. The topological polar surface area (TPSA) is 89.6 Å². The van der Waals surface area contributed by atoms with Gasteiger partial charge in [-0.05, 0) is 36.2 Å². The Morgan fingerprint density at radius 2 is 2.08 bits per heavy atom. The van der Waals surface area contributed by atoms with E-state index in [0.29, 0.717) is 29.4 Å². The molecule has 2 heterocycles. The SMILES string of the molecule is CC(C)COc1ncccc1-c1cc(=O)c2ccc(C(=O)O)cc2o1. The van der Waals surface area contributed by atoms with Crippen LogP contribution in [0.1, 0.15) is 24.2 Å². The molecule has 1 N–H and O–H groups in total. The molecule has 0 saturated heterocycles. The first-order chi connectivity index (χ1) is 12.0. The van der Waals surface area contributed by atoms with Crippen molar-refractivity contribution in [3.63, 3.8) is 0 Å². The van der Waals surface area contributed by atoms with Gasteiger partial charge in [0.25, 0.3) is 0 Å². The number of carbonyl (C=O) groups is 1. The molecule has 6 nitrogen and oxygen atoms in total. The number of hydrogen-bond acceptors (Lipinski definition) is 5. The Balaban J connectivity index is 2.13. The highest BCUT2D eigenvalue weighted by atomic mass is 16.5. The summed E-state index contributed by atoms with van der Waals surface area (Å²) < 4.78 is 11.5. The lowest BCUT2D eigenvalue weighted by Gasteiger charge is -2.11. The van der Waals surface area contributed by atoms with E-state index in [-0.39, 0.29) is 22.3 Å². The number of carboxylic acids is 1. The van der Waals surface area contributed by atoms with Gasteiger partial charge in [-0.3, -0.25) is 4.79 Å². The minimum Gasteiger partial charge on any atom is -0.478 e. The van der Waals surface area contributed by atoms with Gasteiger partial charge in [-0.2, -0.15) is 0 Å². The fourth-order valence-corrected chi connectivity index (χ4v) is 2.36. The Labute approximate surface area is 143 Å². The van der Waals surface area contributed by atoms with Crippen LogP contribution in [0, 0.1) is 5.92 Å². The molecular formula is C19H17NO5. The molecule has 1 aromatic carbocycles. The largest absolute Gasteiger partial charge is 0.478 e. The van der Waals surface area contributed by atoms with E-state index in [9.17, 15) is 9.59 Å². The maximum absolute atomic E-state index is 12.4. The number of nitrogens with zero attached hydrogens (tertiary/aromatic N) is 1. The number of ether oxygens (including phenoxy) is 1. The lowest BCUT2D eigenvalue weighted by Crippen LogP contribution is -2.07. The van der Waals surface area contributed by atoms with Crippen molar-refractivity contribution in [1.29, 1.82) is 0 Å². The third-order valence-electron chi connectivity index (χ3n) is 3.57. The monoisotopic (exact) mass is 339 g/mol. The lowest BCUT2D eigenvalue weighted by atomic mass is 10.1. The quantitative estimate of drug-likeness (QED) is 0.764. The average molecular weight is 339 g/mol. The summed E-state index contributed by atoms with van der Waals surface area (Å²) in [5.41, 5.74) is 0.547. The second-order valence-corrected chi connectivity index (χ2v) is 6.05. The van der Waals surface area contributed by atoms with Crippen molar-refractivity contribution in [2.24, 2.45) is 5.92 Å². The Bertz CT molecular complexity index is 991. The normalized spacial score (nSPS) is 11.0. The van der Waals surface area contributed by atoms with E-state index in [1.165, 1.54) is 24.3 Å². The van der Waals surface area contributed by atoms with Crippen LogP contribution in [0.15, 0.2) is 51.8 Å². The van der Waals surface area contributed by atoms with Gasteiger partial charge in [0.05, 0.1) is 23.1 Å². The van der Waals surface area contributed by atoms with E-state index in [0.717, 1.165) is 0 Å². The molecule has 128 valence electrons. The van der Waals surface area contributed by atoms with Gasteiger partial charge in [0.15, 0.2) is 5.43 Å². The Kier molecular flexibility index (Phi) is 4.52. The summed E-state index contributed by atoms with van der Waals surface area (Å²) >= 11 is 0. The number of benzene rings is 1. The number of pyridine rings is 1. The zero-order valence-corrected chi connectivity index (χ0v) is 13.9. The standard InChI is InChI=1S/C19H17NO5/c1-11(2)10-24-18-14(4-3-7-20-18)17-9-15(21)13-6-5-12(19(22)23)8-16(13)25-17/h3-9,11H,10H2,1-2H3,(H,22,23). The highest BCUT2D eigenvalue weighted by Gasteiger charge is 2.14. The second-order valence-electron chi connectivity index (χ2n) is 6.05. The fourth-order valence-electron chi connectivity index (χ4n) is 2.36. The van der Waals surface area contributed by atoms with Crippen molar-refractivity contribution < 1.29 is 19.1 Å². The van der Waals surface area contributed by atoms with Gasteiger partial charge in [0, 0.05) is 12.3 Å². The van der Waals surface area contributed by atoms with E-state index < -0.39 is 5.97 Å². The summed E-state index contributed by atoms with van der Waals surface area (Å²) in [5.74, 6) is -0.117. The summed E-state index contributed by atoms with van der Waals surface area (Å²) in [6, 6.07) is 9.00. The van der Waals surface area contributed by atoms with Crippen LogP contribution in [-0.4, -0.2) is 22.7 Å². The first-order valence-corrected chi connectivity index (χ1v) is 7.85. The zero-order chi connectivity index (χ0) is 18.0. The number of carboxylic acid groups (broad SMARTS) is 1. The average Bonchev–Trinajstić information content (AvgIpc) is 2.59. The predicted molar refractivity (Wildman–Crippen MR) is 93.0 cm³/mol. The molecule has 6 heteroatoms. The molecule has 0 saturated carbocycles. The van der Waals surface area contributed by atoms with Crippen molar-refractivity contribution in [2.45, 2.75) is 13.8 Å². The highest BCUT2D eigenvalue weighted by molar-refractivity contribution is 5.92. The lowest BCUT2D eigenvalue weighted by molar-refractivity contribution is 0.0697. The molecule has 0 atom stereocenters. The number of hydrogen-bond donors (Lipinski definition) is 1. The Hall–Kier alpha value is -3.15. The van der Waals surface area contributed by atoms with Crippen LogP contribution in [0.5, 0.6) is 5.88 Å². The smallest absolute Gasteiger partial charge is 0.335 e. The third-order valence-corrected chi connectivity index (χ3v) is 3.57. The van der Waals surface area contributed by atoms with Gasteiger partial charge >= 0.3 is 5.97 Å². The molecule has 0 aliphatic rings. The number of aromatic carboxylic acids is 1. The minimum absolute atomic E-state index is 0.0512. The molecule has 25 heavy (non-hydrogen) atoms. The van der Waals surface area contributed by atoms with Gasteiger partial charge in [-0.25, -0.2) is 9.78 Å². The van der Waals surface area contributed by atoms with Crippen LogP contribution >= 0.6 is 0 Å². The van der Waals surface area contributed by atoms with Crippen molar-refractivity contribution in [1.82, 2.24) is 4.98 Å². The van der Waals surface area contributed by atoms with Crippen LogP contribution in [0.4, 0.5) is 0 Å². The summed E-state index contributed by atoms with van der Waals surface area (Å²) in [4.78, 5) is 27.7. The molecule has 3 rings (SSSR count). The van der Waals surface area contributed by atoms with Crippen LogP contribution in [0.2, 0.25) is 0 Å². The van der Waals surface area contributed by atoms with Crippen molar-refractivity contribution in [3.8, 4) is 17.2 Å². The number of fused-ring (bicyclic) bond motifs is 1. The van der Waals surface area contributed by atoms with Crippen LogP contribution in [-0.2, 0) is 0 Å². The summed E-state index contributed by atoms with van der Waals surface area (Å²) in [6.07, 6.45) is 1.60. The van der Waals surface area contributed by atoms with E-state index in [1.807, 2.05) is 13.8 Å². The molecule has 3 aromatic rings. The second kappa shape index (κ2) is 6.76. The molecule has 0 amide bonds.